The van der Waals surface area contributed by atoms with Gasteiger partial charge in [-0.2, -0.15) is 8.42 Å². The van der Waals surface area contributed by atoms with E-state index in [0.29, 0.717) is 55.7 Å². The van der Waals surface area contributed by atoms with E-state index in [0.717, 1.165) is 18.7 Å². The molecule has 3 aliphatic rings. The number of nitrogens with zero attached hydrogens (tertiary/aromatic N) is 5. The monoisotopic (exact) mass is 473 g/mol. The molecule has 0 radical (unpaired) electrons. The van der Waals surface area contributed by atoms with Gasteiger partial charge in [-0.05, 0) is 37.1 Å². The molecule has 168 valence electrons. The van der Waals surface area contributed by atoms with Gasteiger partial charge in [-0.3, -0.25) is 4.79 Å². The van der Waals surface area contributed by atoms with E-state index in [-0.39, 0.29) is 16.7 Å². The molecular formula is C22H24ClN5O3S. The zero-order chi connectivity index (χ0) is 22.3. The van der Waals surface area contributed by atoms with Crippen LogP contribution in [0.2, 0.25) is 5.02 Å². The normalized spacial score (nSPS) is 22.5. The highest BCUT2D eigenvalue weighted by Crippen LogP contribution is 2.30. The number of fused-ring (bicyclic) bond motifs is 1. The summed E-state index contributed by atoms with van der Waals surface area (Å²) in [7, 11) is -3.67. The summed E-state index contributed by atoms with van der Waals surface area (Å²) in [5.41, 5.74) is 0.626. The summed E-state index contributed by atoms with van der Waals surface area (Å²) in [5, 5.41) is 0.614. The van der Waals surface area contributed by atoms with Gasteiger partial charge in [-0.15, -0.1) is 4.40 Å². The number of amides is 1. The summed E-state index contributed by atoms with van der Waals surface area (Å²) >= 11 is 6.27. The number of carbonyl (C=O) groups is 1. The fourth-order valence-corrected chi connectivity index (χ4v) is 6.16. The third-order valence-electron chi connectivity index (χ3n) is 6.31. The molecule has 3 aliphatic heterocycles. The number of hydrogen-bond donors (Lipinski definition) is 0. The molecule has 1 aromatic carbocycles. The zero-order valence-corrected chi connectivity index (χ0v) is 19.1. The van der Waals surface area contributed by atoms with Crippen LogP contribution in [0.5, 0.6) is 0 Å². The predicted molar refractivity (Wildman–Crippen MR) is 123 cm³/mol. The Morgan fingerprint density at radius 3 is 2.56 bits per heavy atom. The van der Waals surface area contributed by atoms with Crippen LogP contribution in [0.4, 0.5) is 5.82 Å². The summed E-state index contributed by atoms with van der Waals surface area (Å²) in [5.74, 6) is 1.17. The highest BCUT2D eigenvalue weighted by molar-refractivity contribution is 7.90. The van der Waals surface area contributed by atoms with E-state index in [1.165, 1.54) is 0 Å². The molecule has 1 unspecified atom stereocenters. The minimum Gasteiger partial charge on any atom is -0.355 e. The highest BCUT2D eigenvalue weighted by atomic mass is 35.5. The van der Waals surface area contributed by atoms with Gasteiger partial charge in [0.05, 0.1) is 10.9 Å². The van der Waals surface area contributed by atoms with Gasteiger partial charge in [0.2, 0.25) is 5.91 Å². The van der Waals surface area contributed by atoms with Crippen LogP contribution in [0, 0.1) is 5.92 Å². The quantitative estimate of drug-likeness (QED) is 0.665. The van der Waals surface area contributed by atoms with Crippen LogP contribution in [-0.4, -0.2) is 74.2 Å². The molecule has 1 atom stereocenters. The maximum atomic E-state index is 13.3. The number of hydrogen-bond acceptors (Lipinski definition) is 6. The molecule has 0 spiro atoms. The van der Waals surface area contributed by atoms with E-state index < -0.39 is 10.0 Å². The summed E-state index contributed by atoms with van der Waals surface area (Å²) in [6.07, 6.45) is 3.34. The average molecular weight is 474 g/mol. The van der Waals surface area contributed by atoms with Gasteiger partial charge in [0, 0.05) is 51.0 Å². The smallest absolute Gasteiger partial charge is 0.285 e. The van der Waals surface area contributed by atoms with Crippen molar-refractivity contribution in [3.8, 4) is 0 Å². The maximum absolute atomic E-state index is 13.3. The molecule has 1 amide bonds. The van der Waals surface area contributed by atoms with Gasteiger partial charge in [0.1, 0.15) is 10.7 Å². The number of benzene rings is 1. The second-order valence-corrected chi connectivity index (χ2v) is 10.3. The lowest BCUT2D eigenvalue weighted by Crippen LogP contribution is -2.53. The van der Waals surface area contributed by atoms with Crippen molar-refractivity contribution in [3.05, 3.63) is 53.2 Å². The Hall–Kier alpha value is -2.65. The van der Waals surface area contributed by atoms with Crippen molar-refractivity contribution in [1.82, 2.24) is 14.8 Å². The number of likely N-dealkylation sites (tertiary alicyclic amines) is 1. The number of rotatable bonds is 2. The fraction of sp³-hybridized carbons (Fsp3) is 0.409. The van der Waals surface area contributed by atoms with E-state index >= 15 is 0 Å². The number of pyridine rings is 1. The van der Waals surface area contributed by atoms with E-state index in [1.54, 1.807) is 30.5 Å². The SMILES string of the molecule is O=C(C1CCCN(C2=NS(=O)(=O)c3ccccc32)C1)N1CCN(c2ncccc2Cl)CC1. The highest BCUT2D eigenvalue weighted by Gasteiger charge is 2.36. The number of amidine groups is 1. The van der Waals surface area contributed by atoms with E-state index in [4.69, 9.17) is 11.6 Å². The predicted octanol–water partition coefficient (Wildman–Crippen LogP) is 2.24. The van der Waals surface area contributed by atoms with Crippen LogP contribution in [0.15, 0.2) is 51.9 Å². The molecule has 0 bridgehead atoms. The molecule has 1 aromatic heterocycles. The first-order chi connectivity index (χ1) is 15.4. The Labute approximate surface area is 192 Å². The number of halogens is 1. The van der Waals surface area contributed by atoms with E-state index in [2.05, 4.69) is 14.3 Å². The van der Waals surface area contributed by atoms with E-state index in [9.17, 15) is 13.2 Å². The van der Waals surface area contributed by atoms with Crippen LogP contribution in [0.1, 0.15) is 18.4 Å². The Morgan fingerprint density at radius 1 is 1.00 bits per heavy atom. The summed E-state index contributed by atoms with van der Waals surface area (Å²) in [6, 6.07) is 10.5. The lowest BCUT2D eigenvalue weighted by Gasteiger charge is -2.39. The van der Waals surface area contributed by atoms with Crippen molar-refractivity contribution in [2.75, 3.05) is 44.2 Å². The first-order valence-corrected chi connectivity index (χ1v) is 12.6. The Kier molecular flexibility index (Phi) is 5.54. The molecule has 4 heterocycles. The zero-order valence-electron chi connectivity index (χ0n) is 17.5. The first kappa shape index (κ1) is 21.2. The third-order valence-corrected chi connectivity index (χ3v) is 7.93. The number of piperidine rings is 1. The molecule has 2 fully saturated rings. The molecule has 0 aliphatic carbocycles. The van der Waals surface area contributed by atoms with Crippen molar-refractivity contribution in [3.63, 3.8) is 0 Å². The lowest BCUT2D eigenvalue weighted by atomic mass is 9.95. The van der Waals surface area contributed by atoms with Crippen molar-refractivity contribution in [2.24, 2.45) is 10.3 Å². The van der Waals surface area contributed by atoms with Crippen molar-refractivity contribution in [1.29, 1.82) is 0 Å². The number of carbonyl (C=O) groups excluding carboxylic acids is 1. The summed E-state index contributed by atoms with van der Waals surface area (Å²) in [6.45, 7) is 3.75. The molecule has 8 nitrogen and oxygen atoms in total. The number of sulfonamides is 1. The molecule has 2 aromatic rings. The van der Waals surface area contributed by atoms with Crippen molar-refractivity contribution < 1.29 is 13.2 Å². The van der Waals surface area contributed by atoms with Crippen molar-refractivity contribution >= 4 is 39.2 Å². The van der Waals surface area contributed by atoms with Crippen LogP contribution in [-0.2, 0) is 14.8 Å². The minimum atomic E-state index is -3.67. The lowest BCUT2D eigenvalue weighted by molar-refractivity contribution is -0.137. The molecular weight excluding hydrogens is 450 g/mol. The molecule has 10 heteroatoms. The number of anilines is 1. The van der Waals surface area contributed by atoms with Crippen molar-refractivity contribution in [2.45, 2.75) is 17.7 Å². The Balaban J connectivity index is 1.26. The fourth-order valence-electron chi connectivity index (χ4n) is 4.69. The topological polar surface area (TPSA) is 86.2 Å². The van der Waals surface area contributed by atoms with Crippen LogP contribution in [0.3, 0.4) is 0 Å². The van der Waals surface area contributed by atoms with E-state index in [1.807, 2.05) is 21.9 Å². The molecule has 2 saturated heterocycles. The second-order valence-electron chi connectivity index (χ2n) is 8.29. The average Bonchev–Trinajstić information content (AvgIpc) is 3.10. The number of piperazine rings is 1. The van der Waals surface area contributed by atoms with Gasteiger partial charge in [-0.25, -0.2) is 4.98 Å². The van der Waals surface area contributed by atoms with Crippen LogP contribution in [0.25, 0.3) is 0 Å². The molecule has 32 heavy (non-hydrogen) atoms. The van der Waals surface area contributed by atoms with Crippen LogP contribution < -0.4 is 4.90 Å². The summed E-state index contributed by atoms with van der Waals surface area (Å²) in [4.78, 5) is 23.9. The molecule has 5 rings (SSSR count). The Morgan fingerprint density at radius 2 is 1.78 bits per heavy atom. The molecule has 0 saturated carbocycles. The Bertz CT molecular complexity index is 1180. The largest absolute Gasteiger partial charge is 0.355 e. The number of aromatic nitrogens is 1. The second kappa shape index (κ2) is 8.37. The minimum absolute atomic E-state index is 0.121. The standard InChI is InChI=1S/C22H24ClN5O3S/c23-18-7-3-9-24-21(18)26-11-13-27(14-12-26)22(29)16-5-4-10-28(15-16)20-17-6-1-2-8-19(17)32(30,31)25-20/h1-3,6-9,16H,4-5,10-15H2. The molecule has 0 N–H and O–H groups in total. The third kappa shape index (κ3) is 3.84. The van der Waals surface area contributed by atoms with Gasteiger partial charge in [0.15, 0.2) is 5.84 Å². The van der Waals surface area contributed by atoms with Crippen LogP contribution >= 0.6 is 11.6 Å². The van der Waals surface area contributed by atoms with Gasteiger partial charge in [0.25, 0.3) is 10.0 Å². The van der Waals surface area contributed by atoms with Gasteiger partial charge < -0.3 is 14.7 Å². The first-order valence-electron chi connectivity index (χ1n) is 10.8. The summed E-state index contributed by atoms with van der Waals surface area (Å²) < 4.78 is 28.9. The van der Waals surface area contributed by atoms with Gasteiger partial charge >= 0.3 is 0 Å². The van der Waals surface area contributed by atoms with Gasteiger partial charge in [-0.1, -0.05) is 23.7 Å². The maximum Gasteiger partial charge on any atom is 0.285 e.